The fourth-order valence-corrected chi connectivity index (χ4v) is 4.20. The summed E-state index contributed by atoms with van der Waals surface area (Å²) < 4.78 is 0. The van der Waals surface area contributed by atoms with Crippen molar-refractivity contribution in [3.63, 3.8) is 0 Å². The van der Waals surface area contributed by atoms with Crippen LogP contribution in [-0.2, 0) is 43.2 Å². The minimum atomic E-state index is -1.18. The monoisotopic (exact) mass is 890 g/mol. The van der Waals surface area contributed by atoms with Gasteiger partial charge in [-0.2, -0.15) is 0 Å². The molecule has 342 valence electrons. The van der Waals surface area contributed by atoms with Crippen molar-refractivity contribution in [1.82, 2.24) is 5.32 Å². The molecule has 1 heterocycles. The summed E-state index contributed by atoms with van der Waals surface area (Å²) in [6, 6.07) is -6.19. The molecule has 1 aliphatic heterocycles. The highest BCUT2D eigenvalue weighted by atomic mass is 33.1. The molecule has 0 aromatic carbocycles. The van der Waals surface area contributed by atoms with E-state index in [-0.39, 0.29) is 36.9 Å². The molecule has 1 saturated heterocycles. The van der Waals surface area contributed by atoms with Gasteiger partial charge in [-0.15, -0.1) is 0 Å². The number of carbonyl (C=O) groups is 9. The van der Waals surface area contributed by atoms with Crippen molar-refractivity contribution in [1.29, 1.82) is 0 Å². The van der Waals surface area contributed by atoms with Gasteiger partial charge in [0, 0.05) is 17.9 Å². The van der Waals surface area contributed by atoms with Crippen molar-refractivity contribution in [2.45, 2.75) is 87.9 Å². The number of aliphatic hydroxyl groups is 2. The van der Waals surface area contributed by atoms with Crippen LogP contribution in [0.1, 0.15) is 39.5 Å². The summed E-state index contributed by atoms with van der Waals surface area (Å²) in [5, 5.41) is 92.2. The van der Waals surface area contributed by atoms with Crippen molar-refractivity contribution >= 4 is 75.3 Å². The minimum absolute atomic E-state index is 0.0231. The third-order valence-corrected chi connectivity index (χ3v) is 7.91. The summed E-state index contributed by atoms with van der Waals surface area (Å²) in [7, 11) is 2.41. The maximum Gasteiger partial charge on any atom is 0.323 e. The molecule has 1 rings (SSSR count). The van der Waals surface area contributed by atoms with E-state index in [1.54, 1.807) is 0 Å². The Morgan fingerprint density at radius 1 is 0.621 bits per heavy atom. The number of rotatable bonds is 18. The summed E-state index contributed by atoms with van der Waals surface area (Å²) in [5.41, 5.74) is 34.5. The Labute approximate surface area is 338 Å². The van der Waals surface area contributed by atoms with Crippen LogP contribution in [0.3, 0.4) is 0 Å². The summed E-state index contributed by atoms with van der Waals surface area (Å²) >= 11 is 0. The number of aliphatic carboxylic acids is 9. The van der Waals surface area contributed by atoms with Crippen LogP contribution >= 0.6 is 21.6 Å². The first kappa shape index (κ1) is 65.4. The molecular weight excluding hydrogens is 832 g/mol. The fraction of sp³-hybridized carbons (Fsp3) is 0.679. The van der Waals surface area contributed by atoms with Gasteiger partial charge >= 0.3 is 53.7 Å². The molecule has 26 N–H and O–H groups in total. The van der Waals surface area contributed by atoms with Gasteiger partial charge in [0.25, 0.3) is 0 Å². The molecule has 58 heavy (non-hydrogen) atoms. The number of carboxylic acid groups (broad SMARTS) is 9. The molecular formula is C28H58N8O20S2. The maximum atomic E-state index is 10.3. The first-order valence-corrected chi connectivity index (χ1v) is 18.5. The molecule has 0 aliphatic carbocycles. The minimum Gasteiger partial charge on any atom is -0.481 e. The second-order valence-corrected chi connectivity index (χ2v) is 13.3. The van der Waals surface area contributed by atoms with Crippen molar-refractivity contribution in [2.75, 3.05) is 31.2 Å². The lowest BCUT2D eigenvalue weighted by Crippen LogP contribution is -2.39. The third kappa shape index (κ3) is 51.5. The van der Waals surface area contributed by atoms with E-state index in [0.717, 1.165) is 19.4 Å². The van der Waals surface area contributed by atoms with E-state index in [9.17, 15) is 43.2 Å². The topological polar surface area (TPSA) is 570 Å². The molecule has 1 aliphatic rings. The first-order valence-electron chi connectivity index (χ1n) is 16.0. The Morgan fingerprint density at radius 3 is 1.12 bits per heavy atom. The Kier molecular flexibility index (Phi) is 45.9. The quantitative estimate of drug-likeness (QED) is 0.0450. The van der Waals surface area contributed by atoms with Gasteiger partial charge in [-0.25, -0.2) is 0 Å². The standard InChI is InChI=1S/C6H12N2O4S2.C5H9NO4.C5H9NO2.C4H9NO3.C3H7NO3.C3H7NO2.C2H5NO2/c7-3(5(9)10)1-13-14-2-4(8)6(11)12;6-3(5(9)10)1-2-4(7)8;7-5(8)4-2-1-3-6-4;1-2(6)3(5)4(7)8;4-2(1-5)3(6)7;1-2(4)3(5)6;3-1-2(4)5/h3-4H,1-2,7-8H2,(H,9,10)(H,11,12);3H,1-2,6H2,(H,7,8)(H,9,10);4,6H,1-3H2,(H,7,8);2-3,6H,5H2,1H3,(H,7,8);2,5H,1,4H2,(H,6,7);2H,4H2,1H3,(H,5,6);1,3H2,(H,4,5)/t;;4-;;;;/m..0..../s1. The Hall–Kier alpha value is -4.47. The van der Waals surface area contributed by atoms with E-state index in [4.69, 9.17) is 90.6 Å². The Balaban J connectivity index is -0.000000139. The predicted octanol–water partition coefficient (Wildman–Crippen LogP) is -6.10. The van der Waals surface area contributed by atoms with E-state index in [1.807, 2.05) is 0 Å². The molecule has 28 nitrogen and oxygen atoms in total. The van der Waals surface area contributed by atoms with Crippen molar-refractivity contribution in [2.24, 2.45) is 40.1 Å². The van der Waals surface area contributed by atoms with Crippen LogP contribution in [0.5, 0.6) is 0 Å². The number of nitrogens with one attached hydrogen (secondary N) is 1. The van der Waals surface area contributed by atoms with Crippen LogP contribution in [0.2, 0.25) is 0 Å². The highest BCUT2D eigenvalue weighted by Crippen LogP contribution is 2.22. The lowest BCUT2D eigenvalue weighted by Gasteiger charge is -2.07. The smallest absolute Gasteiger partial charge is 0.323 e. The zero-order chi connectivity index (χ0) is 47.3. The summed E-state index contributed by atoms with van der Waals surface area (Å²) in [4.78, 5) is 88.9. The predicted molar refractivity (Wildman–Crippen MR) is 205 cm³/mol. The fourth-order valence-electron chi connectivity index (χ4n) is 1.97. The summed E-state index contributed by atoms with van der Waals surface area (Å²) in [6.07, 6.45) is 0.581. The van der Waals surface area contributed by atoms with Gasteiger partial charge in [0.2, 0.25) is 0 Å². The Morgan fingerprint density at radius 2 is 0.983 bits per heavy atom. The van der Waals surface area contributed by atoms with E-state index in [0.29, 0.717) is 0 Å². The lowest BCUT2D eigenvalue weighted by atomic mass is 10.2. The van der Waals surface area contributed by atoms with Crippen LogP contribution in [0.15, 0.2) is 0 Å². The van der Waals surface area contributed by atoms with Gasteiger partial charge in [-0.3, -0.25) is 43.2 Å². The Bertz CT molecular complexity index is 1180. The van der Waals surface area contributed by atoms with Crippen LogP contribution in [0, 0.1) is 0 Å². The van der Waals surface area contributed by atoms with E-state index in [2.05, 4.69) is 11.1 Å². The van der Waals surface area contributed by atoms with Gasteiger partial charge in [-0.05, 0) is 39.7 Å². The highest BCUT2D eigenvalue weighted by Gasteiger charge is 2.20. The summed E-state index contributed by atoms with van der Waals surface area (Å²) in [6.45, 7) is 2.83. The van der Waals surface area contributed by atoms with E-state index in [1.165, 1.54) is 35.4 Å². The average molecular weight is 891 g/mol. The van der Waals surface area contributed by atoms with Gasteiger partial charge in [0.05, 0.1) is 19.3 Å². The van der Waals surface area contributed by atoms with Crippen LogP contribution < -0.4 is 45.5 Å². The van der Waals surface area contributed by atoms with Crippen LogP contribution in [0.4, 0.5) is 0 Å². The molecule has 0 aromatic heterocycles. The van der Waals surface area contributed by atoms with E-state index < -0.39 is 103 Å². The number of hydrogen-bond donors (Lipinski definition) is 19. The maximum absolute atomic E-state index is 10.3. The first-order chi connectivity index (χ1) is 26.4. The number of nitrogens with two attached hydrogens (primary N) is 7. The molecule has 0 bridgehead atoms. The highest BCUT2D eigenvalue weighted by molar-refractivity contribution is 8.76. The lowest BCUT2D eigenvalue weighted by molar-refractivity contribution is -0.141. The average Bonchev–Trinajstić information content (AvgIpc) is 3.68. The van der Waals surface area contributed by atoms with Crippen molar-refractivity contribution < 1.29 is 99.3 Å². The molecule has 0 amide bonds. The number of carboxylic acids is 9. The van der Waals surface area contributed by atoms with Crippen LogP contribution in [-0.4, -0.2) is 189 Å². The molecule has 7 unspecified atom stereocenters. The second-order valence-electron chi connectivity index (χ2n) is 10.8. The van der Waals surface area contributed by atoms with Crippen molar-refractivity contribution in [3.05, 3.63) is 0 Å². The van der Waals surface area contributed by atoms with Crippen molar-refractivity contribution in [3.8, 4) is 0 Å². The molecule has 30 heteroatoms. The van der Waals surface area contributed by atoms with Gasteiger partial charge in [0.15, 0.2) is 0 Å². The molecule has 1 fully saturated rings. The zero-order valence-corrected chi connectivity index (χ0v) is 33.1. The zero-order valence-electron chi connectivity index (χ0n) is 31.4. The SMILES string of the molecule is CC(N)C(=O)O.CC(O)C(N)C(=O)O.NC(CCC(=O)O)C(=O)O.NC(CO)C(=O)O.NC(CSSCC(N)C(=O)O)C(=O)O.NCC(=O)O.O=C(O)[C@@H]1CCCN1. The van der Waals surface area contributed by atoms with Gasteiger partial charge < -0.3 is 102 Å². The molecule has 0 aromatic rings. The molecule has 0 radical (unpaired) electrons. The third-order valence-electron chi connectivity index (χ3n) is 5.44. The number of hydrogen-bond acceptors (Lipinski definition) is 21. The van der Waals surface area contributed by atoms with Crippen LogP contribution in [0.25, 0.3) is 0 Å². The second kappa shape index (κ2) is 40.7. The van der Waals surface area contributed by atoms with Gasteiger partial charge in [-0.1, -0.05) is 21.6 Å². The summed E-state index contributed by atoms with van der Waals surface area (Å²) in [5.74, 6) is -8.89. The molecule has 0 saturated carbocycles. The normalized spacial score (nSPS) is 15.7. The molecule has 8 atom stereocenters. The number of aliphatic hydroxyl groups excluding tert-OH is 2. The van der Waals surface area contributed by atoms with Gasteiger partial charge in [0.1, 0.15) is 42.3 Å². The van der Waals surface area contributed by atoms with E-state index >= 15 is 0 Å². The largest absolute Gasteiger partial charge is 0.481 e. The molecule has 0 spiro atoms.